The topological polar surface area (TPSA) is 29.9 Å². The zero-order chi connectivity index (χ0) is 10.1. The number of hydrogen-bond acceptors (Lipinski definition) is 0. The van der Waals surface area contributed by atoms with Crippen LogP contribution in [-0.2, 0) is 0 Å². The minimum atomic E-state index is 1.05. The summed E-state index contributed by atoms with van der Waals surface area (Å²) in [7, 11) is 0. The molecule has 0 saturated carbocycles. The second-order valence-corrected chi connectivity index (χ2v) is 3.54. The molecule has 3 aromatic rings. The number of fused-ring (bicyclic) bond motifs is 1. The molecule has 15 heavy (non-hydrogen) atoms. The summed E-state index contributed by atoms with van der Waals surface area (Å²) in [5.74, 6) is 1.05. The number of rotatable bonds is 1. The zero-order valence-electron chi connectivity index (χ0n) is 8.20. The van der Waals surface area contributed by atoms with Gasteiger partial charge in [0.25, 0.3) is 5.82 Å². The van der Waals surface area contributed by atoms with Crippen molar-refractivity contribution in [2.24, 2.45) is 0 Å². The van der Waals surface area contributed by atoms with Gasteiger partial charge in [0.1, 0.15) is 0 Å². The number of imidazole rings is 1. The van der Waals surface area contributed by atoms with E-state index in [1.165, 1.54) is 5.56 Å². The zero-order valence-corrected chi connectivity index (χ0v) is 8.20. The molecule has 0 amide bonds. The van der Waals surface area contributed by atoms with Crippen LogP contribution in [0, 0.1) is 0 Å². The third-order valence-electron chi connectivity index (χ3n) is 2.51. The number of aromatic amines is 2. The van der Waals surface area contributed by atoms with E-state index in [1.54, 1.807) is 0 Å². The number of aromatic nitrogens is 2. The number of benzene rings is 2. The van der Waals surface area contributed by atoms with Crippen molar-refractivity contribution in [2.75, 3.05) is 0 Å². The standard InChI is InChI=1S/C13H10N2/c1-2-6-10(7-3-1)13-14-11-8-4-5-9-12(11)15-13/h1-9H,(H,14,15)/p+1. The fraction of sp³-hybridized carbons (Fsp3) is 0. The first-order valence-electron chi connectivity index (χ1n) is 4.99. The van der Waals surface area contributed by atoms with E-state index in [0.717, 1.165) is 16.9 Å². The molecular weight excluding hydrogens is 184 g/mol. The van der Waals surface area contributed by atoms with Gasteiger partial charge >= 0.3 is 0 Å². The van der Waals surface area contributed by atoms with Crippen molar-refractivity contribution in [3.63, 3.8) is 0 Å². The quantitative estimate of drug-likeness (QED) is 0.618. The first-order valence-corrected chi connectivity index (χ1v) is 4.99. The summed E-state index contributed by atoms with van der Waals surface area (Å²) in [4.78, 5) is 6.71. The molecule has 0 aliphatic heterocycles. The number of H-pyrrole nitrogens is 2. The van der Waals surface area contributed by atoms with Crippen LogP contribution in [0.15, 0.2) is 54.6 Å². The Morgan fingerprint density at radius 1 is 0.800 bits per heavy atom. The summed E-state index contributed by atoms with van der Waals surface area (Å²) in [6.07, 6.45) is 0. The van der Waals surface area contributed by atoms with E-state index in [4.69, 9.17) is 0 Å². The summed E-state index contributed by atoms with van der Waals surface area (Å²) < 4.78 is 0. The van der Waals surface area contributed by atoms with Gasteiger partial charge in [0.15, 0.2) is 11.0 Å². The van der Waals surface area contributed by atoms with Crippen molar-refractivity contribution in [2.45, 2.75) is 0 Å². The molecule has 0 bridgehead atoms. The fourth-order valence-corrected chi connectivity index (χ4v) is 1.75. The Bertz CT molecular complexity index is 549. The monoisotopic (exact) mass is 195 g/mol. The second kappa shape index (κ2) is 3.24. The molecule has 2 N–H and O–H groups in total. The van der Waals surface area contributed by atoms with E-state index in [1.807, 2.05) is 30.3 Å². The second-order valence-electron chi connectivity index (χ2n) is 3.54. The van der Waals surface area contributed by atoms with Crippen molar-refractivity contribution in [3.8, 4) is 11.4 Å². The van der Waals surface area contributed by atoms with Gasteiger partial charge in [-0.25, -0.2) is 9.97 Å². The van der Waals surface area contributed by atoms with E-state index in [2.05, 4.69) is 34.2 Å². The van der Waals surface area contributed by atoms with Gasteiger partial charge in [-0.3, -0.25) is 0 Å². The highest BCUT2D eigenvalue weighted by molar-refractivity contribution is 5.73. The van der Waals surface area contributed by atoms with Crippen LogP contribution in [0.3, 0.4) is 0 Å². The minimum Gasteiger partial charge on any atom is -0.237 e. The van der Waals surface area contributed by atoms with Crippen LogP contribution in [0.2, 0.25) is 0 Å². The molecule has 1 aromatic heterocycles. The van der Waals surface area contributed by atoms with Gasteiger partial charge in [0.05, 0.1) is 5.56 Å². The van der Waals surface area contributed by atoms with Gasteiger partial charge in [0.2, 0.25) is 0 Å². The summed E-state index contributed by atoms with van der Waals surface area (Å²) in [6, 6.07) is 18.5. The smallest absolute Gasteiger partial charge is 0.237 e. The van der Waals surface area contributed by atoms with Crippen LogP contribution in [-0.4, -0.2) is 4.98 Å². The maximum absolute atomic E-state index is 3.36. The Morgan fingerprint density at radius 2 is 1.53 bits per heavy atom. The fourth-order valence-electron chi connectivity index (χ4n) is 1.75. The summed E-state index contributed by atoms with van der Waals surface area (Å²) in [5.41, 5.74) is 3.45. The van der Waals surface area contributed by atoms with E-state index >= 15 is 0 Å². The van der Waals surface area contributed by atoms with Crippen LogP contribution in [0.4, 0.5) is 0 Å². The molecule has 0 unspecified atom stereocenters. The molecule has 72 valence electrons. The molecule has 0 aliphatic rings. The van der Waals surface area contributed by atoms with Gasteiger partial charge in [0, 0.05) is 0 Å². The highest BCUT2D eigenvalue weighted by Crippen LogP contribution is 2.15. The largest absolute Gasteiger partial charge is 0.285 e. The van der Waals surface area contributed by atoms with E-state index in [-0.39, 0.29) is 0 Å². The molecule has 0 fully saturated rings. The van der Waals surface area contributed by atoms with Crippen molar-refractivity contribution < 1.29 is 4.98 Å². The lowest BCUT2D eigenvalue weighted by Gasteiger charge is -1.88. The SMILES string of the molecule is c1ccc(-c2[nH]c3ccccc3[nH+]2)cc1. The maximum Gasteiger partial charge on any atom is 0.285 e. The minimum absolute atomic E-state index is 1.05. The Labute approximate surface area is 87.6 Å². The highest BCUT2D eigenvalue weighted by Gasteiger charge is 2.09. The lowest BCUT2D eigenvalue weighted by molar-refractivity contribution is -0.330. The van der Waals surface area contributed by atoms with Crippen LogP contribution in [0.1, 0.15) is 0 Å². The Balaban J connectivity index is 2.21. The predicted molar refractivity (Wildman–Crippen MR) is 60.3 cm³/mol. The number of nitrogens with one attached hydrogen (secondary N) is 2. The molecular formula is C13H11N2+. The number of para-hydroxylation sites is 2. The van der Waals surface area contributed by atoms with Gasteiger partial charge in [-0.1, -0.05) is 30.3 Å². The first kappa shape index (κ1) is 8.24. The first-order chi connectivity index (χ1) is 7.43. The third kappa shape index (κ3) is 1.40. The lowest BCUT2D eigenvalue weighted by Crippen LogP contribution is -2.01. The van der Waals surface area contributed by atoms with E-state index < -0.39 is 0 Å². The average Bonchev–Trinajstić information content (AvgIpc) is 2.74. The molecule has 0 saturated heterocycles. The summed E-state index contributed by atoms with van der Waals surface area (Å²) >= 11 is 0. The van der Waals surface area contributed by atoms with Gasteiger partial charge in [-0.05, 0) is 24.3 Å². The molecule has 0 radical (unpaired) electrons. The molecule has 0 atom stereocenters. The summed E-state index contributed by atoms with van der Waals surface area (Å²) in [5, 5.41) is 0. The molecule has 3 rings (SSSR count). The average molecular weight is 195 g/mol. The Morgan fingerprint density at radius 3 is 2.33 bits per heavy atom. The van der Waals surface area contributed by atoms with Crippen LogP contribution in [0.25, 0.3) is 22.4 Å². The third-order valence-corrected chi connectivity index (χ3v) is 2.51. The molecule has 0 spiro atoms. The lowest BCUT2D eigenvalue weighted by atomic mass is 10.2. The van der Waals surface area contributed by atoms with E-state index in [0.29, 0.717) is 0 Å². The molecule has 2 heteroatoms. The number of hydrogen-bond donors (Lipinski definition) is 1. The van der Waals surface area contributed by atoms with Crippen LogP contribution >= 0.6 is 0 Å². The maximum atomic E-state index is 3.36. The molecule has 0 aliphatic carbocycles. The van der Waals surface area contributed by atoms with Gasteiger partial charge in [-0.15, -0.1) is 0 Å². The normalized spacial score (nSPS) is 10.7. The van der Waals surface area contributed by atoms with Crippen molar-refractivity contribution >= 4 is 11.0 Å². The Kier molecular flexibility index (Phi) is 1.78. The molecule has 1 heterocycles. The van der Waals surface area contributed by atoms with Gasteiger partial charge < -0.3 is 0 Å². The molecule has 2 aromatic carbocycles. The van der Waals surface area contributed by atoms with Gasteiger partial charge in [-0.2, -0.15) is 0 Å². The van der Waals surface area contributed by atoms with Crippen LogP contribution in [0.5, 0.6) is 0 Å². The predicted octanol–water partition coefficient (Wildman–Crippen LogP) is 2.65. The molecule has 2 nitrogen and oxygen atoms in total. The van der Waals surface area contributed by atoms with Crippen molar-refractivity contribution in [3.05, 3.63) is 54.6 Å². The van der Waals surface area contributed by atoms with Crippen molar-refractivity contribution in [1.82, 2.24) is 4.98 Å². The highest BCUT2D eigenvalue weighted by atomic mass is 14.9. The van der Waals surface area contributed by atoms with Crippen LogP contribution < -0.4 is 4.98 Å². The van der Waals surface area contributed by atoms with E-state index in [9.17, 15) is 0 Å². The summed E-state index contributed by atoms with van der Waals surface area (Å²) in [6.45, 7) is 0. The van der Waals surface area contributed by atoms with Crippen molar-refractivity contribution in [1.29, 1.82) is 0 Å². The Hall–Kier alpha value is -2.09.